The van der Waals surface area contributed by atoms with Crippen LogP contribution in [-0.4, -0.2) is 23.8 Å². The van der Waals surface area contributed by atoms with Crippen molar-refractivity contribution in [2.45, 2.75) is 65.0 Å². The molecule has 0 spiro atoms. The molecular weight excluding hydrogens is 174 g/mol. The number of aliphatic hydroxyl groups is 1. The molecule has 84 valence electrons. The zero-order valence-electron chi connectivity index (χ0n) is 9.84. The van der Waals surface area contributed by atoms with Gasteiger partial charge in [-0.25, -0.2) is 0 Å². The molecule has 0 aromatic heterocycles. The third-order valence-corrected chi connectivity index (χ3v) is 3.28. The molecule has 0 saturated heterocycles. The molecule has 1 fully saturated rings. The van der Waals surface area contributed by atoms with Gasteiger partial charge in [0.25, 0.3) is 0 Å². The molecule has 0 aromatic carbocycles. The standard InChI is InChI=1S/C12H25NO/c1-10(14)9-13-11-5-4-7-12(2,3)8-6-11/h10-11,13-14H,4-9H2,1-3H3/t10-,11?/m1/s1. The third-order valence-electron chi connectivity index (χ3n) is 3.28. The van der Waals surface area contributed by atoms with Gasteiger partial charge in [0.05, 0.1) is 6.10 Å². The van der Waals surface area contributed by atoms with Crippen LogP contribution in [0.4, 0.5) is 0 Å². The topological polar surface area (TPSA) is 32.3 Å². The predicted octanol–water partition coefficient (Wildman–Crippen LogP) is 2.32. The summed E-state index contributed by atoms with van der Waals surface area (Å²) < 4.78 is 0. The number of hydrogen-bond donors (Lipinski definition) is 2. The van der Waals surface area contributed by atoms with Crippen LogP contribution >= 0.6 is 0 Å². The molecule has 0 amide bonds. The fourth-order valence-corrected chi connectivity index (χ4v) is 2.20. The second kappa shape index (κ2) is 5.13. The summed E-state index contributed by atoms with van der Waals surface area (Å²) in [6.45, 7) is 7.31. The van der Waals surface area contributed by atoms with Crippen molar-refractivity contribution in [2.24, 2.45) is 5.41 Å². The Morgan fingerprint density at radius 3 is 2.71 bits per heavy atom. The first-order valence-corrected chi connectivity index (χ1v) is 5.91. The largest absolute Gasteiger partial charge is 0.392 e. The van der Waals surface area contributed by atoms with Gasteiger partial charge >= 0.3 is 0 Å². The van der Waals surface area contributed by atoms with Crippen molar-refractivity contribution in [3.05, 3.63) is 0 Å². The maximum absolute atomic E-state index is 9.19. The van der Waals surface area contributed by atoms with Gasteiger partial charge in [0.15, 0.2) is 0 Å². The van der Waals surface area contributed by atoms with E-state index in [1.165, 1.54) is 32.1 Å². The summed E-state index contributed by atoms with van der Waals surface area (Å²) in [6, 6.07) is 0.631. The lowest BCUT2D eigenvalue weighted by molar-refractivity contribution is 0.184. The van der Waals surface area contributed by atoms with E-state index in [0.29, 0.717) is 11.5 Å². The van der Waals surface area contributed by atoms with Crippen LogP contribution in [-0.2, 0) is 0 Å². The molecule has 0 heterocycles. The van der Waals surface area contributed by atoms with Gasteiger partial charge in [-0.1, -0.05) is 20.3 Å². The van der Waals surface area contributed by atoms with E-state index in [0.717, 1.165) is 6.54 Å². The van der Waals surface area contributed by atoms with Gasteiger partial charge in [-0.2, -0.15) is 0 Å². The molecule has 14 heavy (non-hydrogen) atoms. The first kappa shape index (κ1) is 12.0. The highest BCUT2D eigenvalue weighted by Gasteiger charge is 2.23. The smallest absolute Gasteiger partial charge is 0.0636 e. The van der Waals surface area contributed by atoms with Gasteiger partial charge in [0, 0.05) is 12.6 Å². The summed E-state index contributed by atoms with van der Waals surface area (Å²) in [4.78, 5) is 0. The summed E-state index contributed by atoms with van der Waals surface area (Å²) in [6.07, 6.45) is 6.30. The average Bonchev–Trinajstić information content (AvgIpc) is 2.23. The van der Waals surface area contributed by atoms with Crippen molar-refractivity contribution in [1.29, 1.82) is 0 Å². The average molecular weight is 199 g/mol. The van der Waals surface area contributed by atoms with E-state index in [4.69, 9.17) is 0 Å². The molecule has 0 bridgehead atoms. The van der Waals surface area contributed by atoms with Crippen LogP contribution in [0.3, 0.4) is 0 Å². The van der Waals surface area contributed by atoms with Crippen molar-refractivity contribution >= 4 is 0 Å². The van der Waals surface area contributed by atoms with Gasteiger partial charge in [-0.3, -0.25) is 0 Å². The molecule has 2 N–H and O–H groups in total. The number of nitrogens with one attached hydrogen (secondary N) is 1. The Labute approximate surface area is 88.1 Å². The van der Waals surface area contributed by atoms with Crippen molar-refractivity contribution in [3.8, 4) is 0 Å². The van der Waals surface area contributed by atoms with Crippen molar-refractivity contribution in [3.63, 3.8) is 0 Å². The normalized spacial score (nSPS) is 29.6. The molecule has 2 atom stereocenters. The lowest BCUT2D eigenvalue weighted by Crippen LogP contribution is -2.34. The zero-order valence-corrected chi connectivity index (χ0v) is 9.84. The lowest BCUT2D eigenvalue weighted by Gasteiger charge is -2.22. The Hall–Kier alpha value is -0.0800. The molecule has 2 nitrogen and oxygen atoms in total. The SMILES string of the molecule is C[C@@H](O)CNC1CCCC(C)(C)CC1. The van der Waals surface area contributed by atoms with E-state index >= 15 is 0 Å². The van der Waals surface area contributed by atoms with E-state index in [2.05, 4.69) is 19.2 Å². The van der Waals surface area contributed by atoms with Crippen LogP contribution in [0.5, 0.6) is 0 Å². The van der Waals surface area contributed by atoms with Gasteiger partial charge in [-0.15, -0.1) is 0 Å². The first-order valence-electron chi connectivity index (χ1n) is 5.91. The van der Waals surface area contributed by atoms with Crippen LogP contribution in [0.15, 0.2) is 0 Å². The molecule has 1 rings (SSSR count). The molecule has 1 saturated carbocycles. The molecule has 0 aromatic rings. The quantitative estimate of drug-likeness (QED) is 0.684. The molecule has 0 radical (unpaired) electrons. The molecule has 1 unspecified atom stereocenters. The Bertz CT molecular complexity index is 166. The second-order valence-corrected chi connectivity index (χ2v) is 5.55. The van der Waals surface area contributed by atoms with Crippen LogP contribution in [0.2, 0.25) is 0 Å². The zero-order chi connectivity index (χ0) is 10.6. The van der Waals surface area contributed by atoms with Crippen LogP contribution < -0.4 is 5.32 Å². The van der Waals surface area contributed by atoms with Crippen LogP contribution in [0, 0.1) is 5.41 Å². The number of aliphatic hydroxyl groups excluding tert-OH is 1. The molecule has 2 heteroatoms. The summed E-state index contributed by atoms with van der Waals surface area (Å²) >= 11 is 0. The van der Waals surface area contributed by atoms with E-state index in [1.807, 2.05) is 6.92 Å². The first-order chi connectivity index (χ1) is 6.49. The van der Waals surface area contributed by atoms with E-state index in [-0.39, 0.29) is 6.10 Å². The molecular formula is C12H25NO. The monoisotopic (exact) mass is 199 g/mol. The lowest BCUT2D eigenvalue weighted by atomic mass is 9.85. The Balaban J connectivity index is 2.28. The Morgan fingerprint density at radius 2 is 2.07 bits per heavy atom. The highest BCUT2D eigenvalue weighted by molar-refractivity contribution is 4.79. The van der Waals surface area contributed by atoms with E-state index < -0.39 is 0 Å². The molecule has 0 aliphatic heterocycles. The van der Waals surface area contributed by atoms with Crippen LogP contribution in [0.1, 0.15) is 52.9 Å². The minimum absolute atomic E-state index is 0.216. The number of hydrogen-bond acceptors (Lipinski definition) is 2. The minimum Gasteiger partial charge on any atom is -0.392 e. The fraction of sp³-hybridized carbons (Fsp3) is 1.00. The molecule has 1 aliphatic rings. The summed E-state index contributed by atoms with van der Waals surface area (Å²) in [5.41, 5.74) is 0.529. The Kier molecular flexibility index (Phi) is 4.39. The van der Waals surface area contributed by atoms with Gasteiger partial charge < -0.3 is 10.4 Å². The van der Waals surface area contributed by atoms with Crippen molar-refractivity contribution < 1.29 is 5.11 Å². The molecule has 1 aliphatic carbocycles. The maximum Gasteiger partial charge on any atom is 0.0636 e. The second-order valence-electron chi connectivity index (χ2n) is 5.55. The van der Waals surface area contributed by atoms with Crippen LogP contribution in [0.25, 0.3) is 0 Å². The van der Waals surface area contributed by atoms with E-state index in [9.17, 15) is 5.11 Å². The summed E-state index contributed by atoms with van der Waals surface area (Å²) in [7, 11) is 0. The van der Waals surface area contributed by atoms with E-state index in [1.54, 1.807) is 0 Å². The maximum atomic E-state index is 9.19. The minimum atomic E-state index is -0.216. The summed E-state index contributed by atoms with van der Waals surface area (Å²) in [5.74, 6) is 0. The van der Waals surface area contributed by atoms with Crippen molar-refractivity contribution in [2.75, 3.05) is 6.54 Å². The Morgan fingerprint density at radius 1 is 1.36 bits per heavy atom. The highest BCUT2D eigenvalue weighted by Crippen LogP contribution is 2.33. The van der Waals surface area contributed by atoms with Gasteiger partial charge in [0.2, 0.25) is 0 Å². The highest BCUT2D eigenvalue weighted by atomic mass is 16.3. The third kappa shape index (κ3) is 4.43. The van der Waals surface area contributed by atoms with Crippen molar-refractivity contribution in [1.82, 2.24) is 5.32 Å². The fourth-order valence-electron chi connectivity index (χ4n) is 2.20. The predicted molar refractivity (Wildman–Crippen MR) is 60.3 cm³/mol. The van der Waals surface area contributed by atoms with Gasteiger partial charge in [0.1, 0.15) is 0 Å². The number of rotatable bonds is 3. The summed E-state index contributed by atoms with van der Waals surface area (Å²) in [5, 5.41) is 12.6. The van der Waals surface area contributed by atoms with Gasteiger partial charge in [-0.05, 0) is 38.0 Å².